The molecule has 1 N–H and O–H groups in total. The predicted octanol–water partition coefficient (Wildman–Crippen LogP) is 5.05. The van der Waals surface area contributed by atoms with Crippen molar-refractivity contribution >= 4 is 43.2 Å². The van der Waals surface area contributed by atoms with Crippen molar-refractivity contribution in [3.63, 3.8) is 0 Å². The summed E-state index contributed by atoms with van der Waals surface area (Å²) in [6.45, 7) is 0. The number of halogens is 7. The van der Waals surface area contributed by atoms with Crippen LogP contribution in [-0.4, -0.2) is 5.11 Å². The van der Waals surface area contributed by atoms with E-state index in [1.54, 1.807) is 0 Å². The van der Waals surface area contributed by atoms with Gasteiger partial charge in [-0.05, 0) is 37.9 Å². The Morgan fingerprint density at radius 1 is 0.900 bits per heavy atom. The third kappa shape index (κ3) is 2.51. The van der Waals surface area contributed by atoms with Gasteiger partial charge in [-0.3, -0.25) is 0 Å². The van der Waals surface area contributed by atoms with E-state index in [1.807, 2.05) is 0 Å². The maximum Gasteiger partial charge on any atom is 0.200 e. The minimum Gasteiger partial charge on any atom is -0.383 e. The molecule has 0 bridgehead atoms. The predicted molar refractivity (Wildman–Crippen MR) is 70.0 cm³/mol. The van der Waals surface area contributed by atoms with E-state index in [1.165, 1.54) is 6.07 Å². The molecule has 2 rings (SSSR count). The smallest absolute Gasteiger partial charge is 0.200 e. The average molecular weight is 438 g/mol. The molecular formula is C11H3Br2F5OS. The standard InChI is InChI=1S/C11H3Br2F5OS/c12-2-1-3(20-11(2)13)10(19)4-5(14)7(16)9(18)8(17)6(4)15/h1,10,19H. The van der Waals surface area contributed by atoms with Crippen molar-refractivity contribution in [2.45, 2.75) is 6.10 Å². The Morgan fingerprint density at radius 2 is 1.35 bits per heavy atom. The number of thiophene rings is 1. The fourth-order valence-electron chi connectivity index (χ4n) is 1.50. The molecule has 1 aromatic heterocycles. The number of hydrogen-bond donors (Lipinski definition) is 1. The van der Waals surface area contributed by atoms with Gasteiger partial charge < -0.3 is 5.11 Å². The third-order valence-electron chi connectivity index (χ3n) is 2.45. The van der Waals surface area contributed by atoms with E-state index in [4.69, 9.17) is 0 Å². The van der Waals surface area contributed by atoms with Gasteiger partial charge in [-0.2, -0.15) is 0 Å². The summed E-state index contributed by atoms with van der Waals surface area (Å²) in [5, 5.41) is 9.86. The van der Waals surface area contributed by atoms with Gasteiger partial charge in [-0.15, -0.1) is 11.3 Å². The van der Waals surface area contributed by atoms with Crippen molar-refractivity contribution in [3.05, 3.63) is 53.9 Å². The van der Waals surface area contributed by atoms with Crippen LogP contribution < -0.4 is 0 Å². The Bertz CT molecular complexity index is 639. The second-order valence-corrected chi connectivity index (χ2v) is 6.91. The third-order valence-corrected chi connectivity index (χ3v) is 5.76. The number of aliphatic hydroxyl groups is 1. The normalized spacial score (nSPS) is 12.8. The van der Waals surface area contributed by atoms with E-state index in [0.717, 1.165) is 11.3 Å². The molecule has 20 heavy (non-hydrogen) atoms. The van der Waals surface area contributed by atoms with E-state index in [-0.39, 0.29) is 4.88 Å². The molecule has 0 amide bonds. The number of rotatable bonds is 2. The van der Waals surface area contributed by atoms with E-state index in [0.29, 0.717) is 8.26 Å². The minimum absolute atomic E-state index is 0.0203. The first kappa shape index (κ1) is 15.9. The molecule has 1 unspecified atom stereocenters. The largest absolute Gasteiger partial charge is 0.383 e. The van der Waals surface area contributed by atoms with Crippen LogP contribution in [0, 0.1) is 29.1 Å². The van der Waals surface area contributed by atoms with Crippen molar-refractivity contribution in [2.24, 2.45) is 0 Å². The number of hydrogen-bond acceptors (Lipinski definition) is 2. The van der Waals surface area contributed by atoms with Crippen LogP contribution >= 0.6 is 43.2 Å². The van der Waals surface area contributed by atoms with Gasteiger partial charge in [-0.1, -0.05) is 0 Å². The lowest BCUT2D eigenvalue weighted by molar-refractivity contribution is 0.206. The lowest BCUT2D eigenvalue weighted by Crippen LogP contribution is -2.11. The number of aliphatic hydroxyl groups excluding tert-OH is 1. The minimum atomic E-state index is -2.26. The molecular weight excluding hydrogens is 435 g/mol. The Kier molecular flexibility index (Phi) is 4.53. The summed E-state index contributed by atoms with van der Waals surface area (Å²) in [4.78, 5) is 0.0203. The average Bonchev–Trinajstić information content (AvgIpc) is 2.74. The summed E-state index contributed by atoms with van der Waals surface area (Å²) >= 11 is 7.09. The monoisotopic (exact) mass is 436 g/mol. The van der Waals surface area contributed by atoms with E-state index in [9.17, 15) is 27.1 Å². The summed E-state index contributed by atoms with van der Waals surface area (Å²) < 4.78 is 67.2. The van der Waals surface area contributed by atoms with Crippen LogP contribution in [0.1, 0.15) is 16.5 Å². The first-order valence-electron chi connectivity index (χ1n) is 4.89. The highest BCUT2D eigenvalue weighted by Gasteiger charge is 2.31. The van der Waals surface area contributed by atoms with Crippen LogP contribution in [-0.2, 0) is 0 Å². The van der Waals surface area contributed by atoms with Crippen molar-refractivity contribution in [2.75, 3.05) is 0 Å². The van der Waals surface area contributed by atoms with E-state index >= 15 is 0 Å². The van der Waals surface area contributed by atoms with Crippen molar-refractivity contribution in [1.29, 1.82) is 0 Å². The van der Waals surface area contributed by atoms with Crippen molar-refractivity contribution in [3.8, 4) is 0 Å². The molecule has 1 nitrogen and oxygen atoms in total. The van der Waals surface area contributed by atoms with Crippen molar-refractivity contribution < 1.29 is 27.1 Å². The molecule has 0 saturated carbocycles. The first-order chi connectivity index (χ1) is 9.25. The van der Waals surface area contributed by atoms with Crippen LogP contribution in [0.2, 0.25) is 0 Å². The SMILES string of the molecule is OC(c1cc(Br)c(Br)s1)c1c(F)c(F)c(F)c(F)c1F. The highest BCUT2D eigenvalue weighted by Crippen LogP contribution is 2.39. The summed E-state index contributed by atoms with van der Waals surface area (Å²) in [6, 6.07) is 1.32. The van der Waals surface area contributed by atoms with Gasteiger partial charge in [0.05, 0.1) is 9.35 Å². The zero-order valence-electron chi connectivity index (χ0n) is 9.16. The maximum absolute atomic E-state index is 13.5. The maximum atomic E-state index is 13.5. The van der Waals surface area contributed by atoms with Gasteiger partial charge in [0.25, 0.3) is 0 Å². The summed E-state index contributed by atoms with van der Waals surface area (Å²) in [5.74, 6) is -10.5. The zero-order valence-corrected chi connectivity index (χ0v) is 13.1. The summed E-state index contributed by atoms with van der Waals surface area (Å²) in [5.41, 5.74) is -1.28. The molecule has 0 aliphatic carbocycles. The molecule has 0 saturated heterocycles. The van der Waals surface area contributed by atoms with Gasteiger partial charge in [-0.25, -0.2) is 22.0 Å². The molecule has 0 radical (unpaired) electrons. The van der Waals surface area contributed by atoms with Crippen molar-refractivity contribution in [1.82, 2.24) is 0 Å². The molecule has 1 atom stereocenters. The molecule has 0 aliphatic rings. The molecule has 9 heteroatoms. The highest BCUT2D eigenvalue weighted by atomic mass is 79.9. The second kappa shape index (κ2) is 5.70. The molecule has 0 spiro atoms. The molecule has 108 valence electrons. The van der Waals surface area contributed by atoms with Crippen LogP contribution in [0.25, 0.3) is 0 Å². The van der Waals surface area contributed by atoms with Gasteiger partial charge in [0.1, 0.15) is 6.10 Å². The fourth-order valence-corrected chi connectivity index (χ4v) is 3.59. The summed E-state index contributed by atoms with van der Waals surface area (Å²) in [7, 11) is 0. The number of benzene rings is 1. The van der Waals surface area contributed by atoms with Gasteiger partial charge in [0.2, 0.25) is 5.82 Å². The van der Waals surface area contributed by atoms with E-state index < -0.39 is 40.8 Å². The molecule has 0 fully saturated rings. The summed E-state index contributed by atoms with van der Waals surface area (Å²) in [6.07, 6.45) is -1.97. The molecule has 0 aliphatic heterocycles. The van der Waals surface area contributed by atoms with Gasteiger partial charge in [0, 0.05) is 9.35 Å². The Morgan fingerprint density at radius 3 is 1.75 bits per heavy atom. The lowest BCUT2D eigenvalue weighted by atomic mass is 10.1. The van der Waals surface area contributed by atoms with Gasteiger partial charge >= 0.3 is 0 Å². The molecule has 1 aromatic carbocycles. The Hall–Kier alpha value is -0.510. The topological polar surface area (TPSA) is 20.2 Å². The lowest BCUT2D eigenvalue weighted by Gasteiger charge is -2.13. The van der Waals surface area contributed by atoms with Gasteiger partial charge in [0.15, 0.2) is 23.3 Å². The van der Waals surface area contributed by atoms with Crippen LogP contribution in [0.15, 0.2) is 14.3 Å². The Balaban J connectivity index is 2.63. The van der Waals surface area contributed by atoms with Crippen LogP contribution in [0.4, 0.5) is 22.0 Å². The first-order valence-corrected chi connectivity index (χ1v) is 7.30. The highest BCUT2D eigenvalue weighted by molar-refractivity contribution is 9.13. The Labute approximate surface area is 130 Å². The van der Waals surface area contributed by atoms with Crippen LogP contribution in [0.3, 0.4) is 0 Å². The quantitative estimate of drug-likeness (QED) is 0.396. The second-order valence-electron chi connectivity index (χ2n) is 3.66. The fraction of sp³-hybridized carbons (Fsp3) is 0.0909. The molecule has 2 aromatic rings. The van der Waals surface area contributed by atoms with Crippen LogP contribution in [0.5, 0.6) is 0 Å². The van der Waals surface area contributed by atoms with E-state index in [2.05, 4.69) is 31.9 Å². The zero-order chi connectivity index (χ0) is 15.2. The molecule has 1 heterocycles.